The van der Waals surface area contributed by atoms with Crippen molar-refractivity contribution in [3.8, 4) is 0 Å². The molecule has 1 N–H and O–H groups in total. The molecule has 3 aromatic rings. The van der Waals surface area contributed by atoms with Gasteiger partial charge in [0.15, 0.2) is 0 Å². The summed E-state index contributed by atoms with van der Waals surface area (Å²) in [5, 5.41) is 3.08. The van der Waals surface area contributed by atoms with Gasteiger partial charge in [-0.25, -0.2) is 4.98 Å². The third kappa shape index (κ3) is 4.00. The Kier molecular flexibility index (Phi) is 5.36. The third-order valence-electron chi connectivity index (χ3n) is 3.71. The Morgan fingerprint density at radius 1 is 1.12 bits per heavy atom. The minimum atomic E-state index is -0.312. The second kappa shape index (κ2) is 7.68. The monoisotopic (exact) mass is 415 g/mol. The van der Waals surface area contributed by atoms with Gasteiger partial charge in [-0.1, -0.05) is 41.9 Å². The molecule has 1 aromatic heterocycles. The van der Waals surface area contributed by atoms with Gasteiger partial charge in [0.05, 0.1) is 16.9 Å². The predicted octanol–water partition coefficient (Wildman–Crippen LogP) is 5.52. The van der Waals surface area contributed by atoms with Crippen molar-refractivity contribution in [1.82, 2.24) is 4.98 Å². The predicted molar refractivity (Wildman–Crippen MR) is 106 cm³/mol. The standard InChI is InChI=1S/C19H15BrClN3O/c1-24(14-7-3-2-4-8-14)17-10-6-5-9-16(17)23-19(25)15-11-13(20)12-22-18(15)21/h2-12H,1H3,(H,23,25). The summed E-state index contributed by atoms with van der Waals surface area (Å²) in [5.41, 5.74) is 2.90. The smallest absolute Gasteiger partial charge is 0.258 e. The fourth-order valence-corrected chi connectivity index (χ4v) is 2.95. The molecule has 6 heteroatoms. The molecule has 25 heavy (non-hydrogen) atoms. The van der Waals surface area contributed by atoms with Gasteiger partial charge in [-0.05, 0) is 46.3 Å². The van der Waals surface area contributed by atoms with Crippen LogP contribution in [0.4, 0.5) is 17.1 Å². The SMILES string of the molecule is CN(c1ccccc1)c1ccccc1NC(=O)c1cc(Br)cnc1Cl. The first-order valence-corrected chi connectivity index (χ1v) is 8.73. The zero-order valence-electron chi connectivity index (χ0n) is 13.4. The van der Waals surface area contributed by atoms with Crippen molar-refractivity contribution in [2.24, 2.45) is 0 Å². The highest BCUT2D eigenvalue weighted by Gasteiger charge is 2.15. The van der Waals surface area contributed by atoms with Crippen molar-refractivity contribution in [1.29, 1.82) is 0 Å². The van der Waals surface area contributed by atoms with Gasteiger partial charge < -0.3 is 10.2 Å². The van der Waals surface area contributed by atoms with Gasteiger partial charge >= 0.3 is 0 Å². The summed E-state index contributed by atoms with van der Waals surface area (Å²) >= 11 is 9.36. The van der Waals surface area contributed by atoms with Crippen molar-refractivity contribution in [3.05, 3.63) is 82.0 Å². The van der Waals surface area contributed by atoms with Crippen LogP contribution in [0.2, 0.25) is 5.15 Å². The van der Waals surface area contributed by atoms with Crippen LogP contribution in [0.3, 0.4) is 0 Å². The normalized spacial score (nSPS) is 10.4. The second-order valence-electron chi connectivity index (χ2n) is 5.36. The van der Waals surface area contributed by atoms with E-state index < -0.39 is 0 Å². The molecule has 0 saturated carbocycles. The van der Waals surface area contributed by atoms with Crippen molar-refractivity contribution in [3.63, 3.8) is 0 Å². The molecular formula is C19H15BrClN3O. The molecule has 0 saturated heterocycles. The first-order chi connectivity index (χ1) is 12.1. The number of carbonyl (C=O) groups is 1. The summed E-state index contributed by atoms with van der Waals surface area (Å²) in [5.74, 6) is -0.312. The minimum Gasteiger partial charge on any atom is -0.343 e. The van der Waals surface area contributed by atoms with Crippen molar-refractivity contribution >= 4 is 50.5 Å². The van der Waals surface area contributed by atoms with Gasteiger partial charge in [0, 0.05) is 23.4 Å². The number of anilines is 3. The summed E-state index contributed by atoms with van der Waals surface area (Å²) in [6.45, 7) is 0. The Balaban J connectivity index is 1.91. The highest BCUT2D eigenvalue weighted by Crippen LogP contribution is 2.31. The Morgan fingerprint density at radius 3 is 2.56 bits per heavy atom. The zero-order chi connectivity index (χ0) is 17.8. The topological polar surface area (TPSA) is 45.2 Å². The lowest BCUT2D eigenvalue weighted by Gasteiger charge is -2.22. The van der Waals surface area contributed by atoms with E-state index in [1.54, 1.807) is 12.3 Å². The molecule has 126 valence electrons. The van der Waals surface area contributed by atoms with Gasteiger partial charge in [-0.15, -0.1) is 0 Å². The average molecular weight is 417 g/mol. The molecule has 1 heterocycles. The van der Waals surface area contributed by atoms with Crippen LogP contribution in [0.25, 0.3) is 0 Å². The highest BCUT2D eigenvalue weighted by atomic mass is 79.9. The first-order valence-electron chi connectivity index (χ1n) is 7.56. The highest BCUT2D eigenvalue weighted by molar-refractivity contribution is 9.10. The molecule has 3 rings (SSSR count). The number of carbonyl (C=O) groups excluding carboxylic acids is 1. The largest absolute Gasteiger partial charge is 0.343 e. The molecule has 0 aliphatic heterocycles. The van der Waals surface area contributed by atoms with Gasteiger partial charge in [-0.3, -0.25) is 4.79 Å². The van der Waals surface area contributed by atoms with E-state index in [0.29, 0.717) is 15.7 Å². The van der Waals surface area contributed by atoms with Crippen LogP contribution in [0, 0.1) is 0 Å². The van der Waals surface area contributed by atoms with E-state index in [-0.39, 0.29) is 11.1 Å². The van der Waals surface area contributed by atoms with E-state index in [1.807, 2.05) is 66.5 Å². The van der Waals surface area contributed by atoms with Crippen LogP contribution in [0.1, 0.15) is 10.4 Å². The number of halogens is 2. The molecule has 0 unspecified atom stereocenters. The fourth-order valence-electron chi connectivity index (χ4n) is 2.43. The Labute approximate surface area is 159 Å². The maximum absolute atomic E-state index is 12.6. The number of amides is 1. The van der Waals surface area contributed by atoms with E-state index in [9.17, 15) is 4.79 Å². The van der Waals surface area contributed by atoms with E-state index in [2.05, 4.69) is 26.2 Å². The number of para-hydroxylation sites is 3. The van der Waals surface area contributed by atoms with E-state index in [0.717, 1.165) is 11.4 Å². The van der Waals surface area contributed by atoms with Gasteiger partial charge in [0.2, 0.25) is 0 Å². The van der Waals surface area contributed by atoms with Crippen molar-refractivity contribution < 1.29 is 4.79 Å². The van der Waals surface area contributed by atoms with Crippen molar-refractivity contribution in [2.45, 2.75) is 0 Å². The van der Waals surface area contributed by atoms with Crippen LogP contribution in [-0.4, -0.2) is 17.9 Å². The lowest BCUT2D eigenvalue weighted by molar-refractivity contribution is 0.102. The third-order valence-corrected chi connectivity index (χ3v) is 4.44. The van der Waals surface area contributed by atoms with Crippen LogP contribution >= 0.6 is 27.5 Å². The quantitative estimate of drug-likeness (QED) is 0.570. The molecule has 2 aromatic carbocycles. The molecule has 0 aliphatic carbocycles. The molecule has 0 radical (unpaired) electrons. The van der Waals surface area contributed by atoms with Gasteiger partial charge in [-0.2, -0.15) is 0 Å². The van der Waals surface area contributed by atoms with Crippen LogP contribution < -0.4 is 10.2 Å². The summed E-state index contributed by atoms with van der Waals surface area (Å²) in [6, 6.07) is 19.2. The zero-order valence-corrected chi connectivity index (χ0v) is 15.8. The Hall–Kier alpha value is -2.37. The maximum atomic E-state index is 12.6. The second-order valence-corrected chi connectivity index (χ2v) is 6.63. The summed E-state index contributed by atoms with van der Waals surface area (Å²) in [6.07, 6.45) is 1.55. The Morgan fingerprint density at radius 2 is 1.80 bits per heavy atom. The van der Waals surface area contributed by atoms with E-state index >= 15 is 0 Å². The molecular weight excluding hydrogens is 402 g/mol. The van der Waals surface area contributed by atoms with Crippen molar-refractivity contribution in [2.75, 3.05) is 17.3 Å². The van der Waals surface area contributed by atoms with E-state index in [4.69, 9.17) is 11.6 Å². The molecule has 1 amide bonds. The summed E-state index contributed by atoms with van der Waals surface area (Å²) in [4.78, 5) is 18.6. The molecule has 0 spiro atoms. The lowest BCUT2D eigenvalue weighted by atomic mass is 10.2. The molecule has 0 atom stereocenters. The number of benzene rings is 2. The molecule has 0 bridgehead atoms. The average Bonchev–Trinajstić information content (AvgIpc) is 2.64. The van der Waals surface area contributed by atoms with Crippen LogP contribution in [0.15, 0.2) is 71.3 Å². The fraction of sp³-hybridized carbons (Fsp3) is 0.0526. The summed E-state index contributed by atoms with van der Waals surface area (Å²) in [7, 11) is 1.95. The number of pyridine rings is 1. The maximum Gasteiger partial charge on any atom is 0.258 e. The van der Waals surface area contributed by atoms with Crippen LogP contribution in [-0.2, 0) is 0 Å². The Bertz CT molecular complexity index is 902. The lowest BCUT2D eigenvalue weighted by Crippen LogP contribution is -2.17. The number of rotatable bonds is 4. The molecule has 4 nitrogen and oxygen atoms in total. The number of hydrogen-bond acceptors (Lipinski definition) is 3. The number of nitrogens with zero attached hydrogens (tertiary/aromatic N) is 2. The molecule has 0 aliphatic rings. The first kappa shape index (κ1) is 17.5. The van der Waals surface area contributed by atoms with Gasteiger partial charge in [0.25, 0.3) is 5.91 Å². The van der Waals surface area contributed by atoms with Gasteiger partial charge in [0.1, 0.15) is 5.15 Å². The minimum absolute atomic E-state index is 0.162. The van der Waals surface area contributed by atoms with E-state index in [1.165, 1.54) is 0 Å². The number of hydrogen-bond donors (Lipinski definition) is 1. The summed E-state index contributed by atoms with van der Waals surface area (Å²) < 4.78 is 0.691. The molecule has 0 fully saturated rings. The number of nitrogens with one attached hydrogen (secondary N) is 1. The van der Waals surface area contributed by atoms with Crippen LogP contribution in [0.5, 0.6) is 0 Å². The number of aromatic nitrogens is 1.